The number of esters is 1. The number of hydrogen-bond acceptors (Lipinski definition) is 4. The Morgan fingerprint density at radius 1 is 1.19 bits per heavy atom. The molecule has 0 bridgehead atoms. The van der Waals surface area contributed by atoms with Crippen LogP contribution in [0.4, 0.5) is 5.69 Å². The van der Waals surface area contributed by atoms with Crippen molar-refractivity contribution in [1.29, 1.82) is 0 Å². The highest BCUT2D eigenvalue weighted by atomic mass is 16.5. The summed E-state index contributed by atoms with van der Waals surface area (Å²) in [7, 11) is 1.35. The molecule has 21 heavy (non-hydrogen) atoms. The molecule has 0 aliphatic carbocycles. The zero-order chi connectivity index (χ0) is 15.8. The molecular formula is C16H24N2O3. The van der Waals surface area contributed by atoms with E-state index in [1.54, 1.807) is 4.90 Å². The Labute approximate surface area is 126 Å². The molecule has 0 aromatic heterocycles. The molecular weight excluding hydrogens is 268 g/mol. The van der Waals surface area contributed by atoms with Gasteiger partial charge in [0.1, 0.15) is 0 Å². The zero-order valence-corrected chi connectivity index (χ0v) is 13.2. The number of rotatable bonds is 7. The highest BCUT2D eigenvalue weighted by molar-refractivity contribution is 5.92. The van der Waals surface area contributed by atoms with Crippen LogP contribution >= 0.6 is 0 Å². The SMILES string of the molecule is CCCN(CC(=O)Nc1ccc(C)c(C)c1)CC(=O)OC. The molecule has 1 N–H and O–H groups in total. The lowest BCUT2D eigenvalue weighted by Gasteiger charge is -2.19. The van der Waals surface area contributed by atoms with Crippen LogP contribution in [0.1, 0.15) is 24.5 Å². The van der Waals surface area contributed by atoms with Crippen LogP contribution < -0.4 is 5.32 Å². The fourth-order valence-electron chi connectivity index (χ4n) is 2.00. The monoisotopic (exact) mass is 292 g/mol. The minimum atomic E-state index is -0.331. The Morgan fingerprint density at radius 3 is 2.48 bits per heavy atom. The number of benzene rings is 1. The average Bonchev–Trinajstić information content (AvgIpc) is 2.43. The second kappa shape index (κ2) is 8.42. The van der Waals surface area contributed by atoms with Crippen LogP contribution in [0.15, 0.2) is 18.2 Å². The van der Waals surface area contributed by atoms with Gasteiger partial charge in [-0.2, -0.15) is 0 Å². The molecule has 5 nitrogen and oxygen atoms in total. The van der Waals surface area contributed by atoms with E-state index in [1.165, 1.54) is 12.7 Å². The smallest absolute Gasteiger partial charge is 0.319 e. The van der Waals surface area contributed by atoms with Crippen LogP contribution in [0.2, 0.25) is 0 Å². The van der Waals surface area contributed by atoms with Gasteiger partial charge in [0.15, 0.2) is 0 Å². The number of amides is 1. The van der Waals surface area contributed by atoms with Gasteiger partial charge < -0.3 is 10.1 Å². The molecule has 1 aromatic carbocycles. The van der Waals surface area contributed by atoms with Gasteiger partial charge in [-0.05, 0) is 50.1 Å². The van der Waals surface area contributed by atoms with Gasteiger partial charge in [0.25, 0.3) is 0 Å². The summed E-state index contributed by atoms with van der Waals surface area (Å²) in [5, 5.41) is 2.86. The van der Waals surface area contributed by atoms with E-state index in [0.29, 0.717) is 6.54 Å². The largest absolute Gasteiger partial charge is 0.468 e. The van der Waals surface area contributed by atoms with Crippen molar-refractivity contribution < 1.29 is 14.3 Å². The Bertz CT molecular complexity index is 500. The summed E-state index contributed by atoms with van der Waals surface area (Å²) in [6.07, 6.45) is 0.869. The quantitative estimate of drug-likeness (QED) is 0.782. The Balaban J connectivity index is 2.60. The predicted octanol–water partition coefficient (Wildman–Crippen LogP) is 2.13. The van der Waals surface area contributed by atoms with Crippen molar-refractivity contribution in [2.75, 3.05) is 32.1 Å². The topological polar surface area (TPSA) is 58.6 Å². The van der Waals surface area contributed by atoms with Crippen molar-refractivity contribution >= 4 is 17.6 Å². The van der Waals surface area contributed by atoms with E-state index in [0.717, 1.165) is 17.7 Å². The normalized spacial score (nSPS) is 10.5. The maximum absolute atomic E-state index is 12.1. The van der Waals surface area contributed by atoms with E-state index < -0.39 is 0 Å². The van der Waals surface area contributed by atoms with Crippen molar-refractivity contribution in [3.05, 3.63) is 29.3 Å². The maximum Gasteiger partial charge on any atom is 0.319 e. The highest BCUT2D eigenvalue weighted by Gasteiger charge is 2.14. The minimum Gasteiger partial charge on any atom is -0.468 e. The fourth-order valence-corrected chi connectivity index (χ4v) is 2.00. The van der Waals surface area contributed by atoms with Gasteiger partial charge in [-0.25, -0.2) is 0 Å². The molecule has 116 valence electrons. The van der Waals surface area contributed by atoms with Crippen LogP contribution in [-0.4, -0.2) is 43.5 Å². The van der Waals surface area contributed by atoms with Gasteiger partial charge in [-0.15, -0.1) is 0 Å². The lowest BCUT2D eigenvalue weighted by Crippen LogP contribution is -2.37. The predicted molar refractivity (Wildman–Crippen MR) is 83.3 cm³/mol. The number of hydrogen-bond donors (Lipinski definition) is 1. The molecule has 0 heterocycles. The first kappa shape index (κ1) is 17.2. The number of nitrogens with one attached hydrogen (secondary N) is 1. The van der Waals surface area contributed by atoms with Gasteiger partial charge in [-0.3, -0.25) is 14.5 Å². The molecule has 0 aliphatic heterocycles. The fraction of sp³-hybridized carbons (Fsp3) is 0.500. The molecule has 1 aromatic rings. The molecule has 1 amide bonds. The van der Waals surface area contributed by atoms with Crippen LogP contribution in [0.5, 0.6) is 0 Å². The van der Waals surface area contributed by atoms with E-state index in [9.17, 15) is 9.59 Å². The highest BCUT2D eigenvalue weighted by Crippen LogP contribution is 2.14. The summed E-state index contributed by atoms with van der Waals surface area (Å²) < 4.78 is 4.64. The van der Waals surface area contributed by atoms with Crippen molar-refractivity contribution in [3.63, 3.8) is 0 Å². The summed E-state index contributed by atoms with van der Waals surface area (Å²) in [4.78, 5) is 25.2. The molecule has 1 rings (SSSR count). The molecule has 0 spiro atoms. The third-order valence-electron chi connectivity index (χ3n) is 3.28. The van der Waals surface area contributed by atoms with Gasteiger partial charge in [0.05, 0.1) is 20.2 Å². The van der Waals surface area contributed by atoms with E-state index in [4.69, 9.17) is 0 Å². The lowest BCUT2D eigenvalue weighted by molar-refractivity contribution is -0.142. The average molecular weight is 292 g/mol. The van der Waals surface area contributed by atoms with Crippen molar-refractivity contribution in [2.45, 2.75) is 27.2 Å². The van der Waals surface area contributed by atoms with Crippen LogP contribution in [0.25, 0.3) is 0 Å². The summed E-state index contributed by atoms with van der Waals surface area (Å²) in [6.45, 7) is 7.02. The molecule has 0 unspecified atom stereocenters. The molecule has 0 aliphatic rings. The summed E-state index contributed by atoms with van der Waals surface area (Å²) in [5.41, 5.74) is 3.09. The van der Waals surface area contributed by atoms with Crippen molar-refractivity contribution in [2.24, 2.45) is 0 Å². The summed E-state index contributed by atoms with van der Waals surface area (Å²) >= 11 is 0. The van der Waals surface area contributed by atoms with Crippen molar-refractivity contribution in [3.8, 4) is 0 Å². The molecule has 0 atom stereocenters. The third-order valence-corrected chi connectivity index (χ3v) is 3.28. The summed E-state index contributed by atoms with van der Waals surface area (Å²) in [6, 6.07) is 5.80. The minimum absolute atomic E-state index is 0.129. The number of ether oxygens (including phenoxy) is 1. The van der Waals surface area contributed by atoms with Gasteiger partial charge in [0.2, 0.25) is 5.91 Å². The molecule has 0 saturated heterocycles. The van der Waals surface area contributed by atoms with E-state index >= 15 is 0 Å². The molecule has 0 fully saturated rings. The first-order chi connectivity index (χ1) is 9.96. The number of anilines is 1. The van der Waals surface area contributed by atoms with Crippen LogP contribution in [-0.2, 0) is 14.3 Å². The van der Waals surface area contributed by atoms with Gasteiger partial charge in [0, 0.05) is 5.69 Å². The lowest BCUT2D eigenvalue weighted by atomic mass is 10.1. The Kier molecular flexibility index (Phi) is 6.88. The third kappa shape index (κ3) is 5.95. The van der Waals surface area contributed by atoms with E-state index in [1.807, 2.05) is 39.0 Å². The zero-order valence-electron chi connectivity index (χ0n) is 13.2. The summed E-state index contributed by atoms with van der Waals surface area (Å²) in [5.74, 6) is -0.460. The second-order valence-electron chi connectivity index (χ2n) is 5.13. The maximum atomic E-state index is 12.1. The van der Waals surface area contributed by atoms with Gasteiger partial charge in [-0.1, -0.05) is 13.0 Å². The Morgan fingerprint density at radius 2 is 1.90 bits per heavy atom. The molecule has 5 heteroatoms. The number of aryl methyl sites for hydroxylation is 2. The number of methoxy groups -OCH3 is 1. The number of carbonyl (C=O) groups is 2. The first-order valence-electron chi connectivity index (χ1n) is 7.12. The van der Waals surface area contributed by atoms with Crippen LogP contribution in [0, 0.1) is 13.8 Å². The standard InChI is InChI=1S/C16H24N2O3/c1-5-8-18(11-16(20)21-4)10-15(19)17-14-7-6-12(2)13(3)9-14/h6-7,9H,5,8,10-11H2,1-4H3,(H,17,19). The van der Waals surface area contributed by atoms with Crippen molar-refractivity contribution in [1.82, 2.24) is 4.90 Å². The number of carbonyl (C=O) groups excluding carboxylic acids is 2. The van der Waals surface area contributed by atoms with E-state index in [-0.39, 0.29) is 25.0 Å². The van der Waals surface area contributed by atoms with Crippen LogP contribution in [0.3, 0.4) is 0 Å². The molecule has 0 saturated carbocycles. The Hall–Kier alpha value is -1.88. The molecule has 0 radical (unpaired) electrons. The van der Waals surface area contributed by atoms with Gasteiger partial charge >= 0.3 is 5.97 Å². The number of nitrogens with zero attached hydrogens (tertiary/aromatic N) is 1. The first-order valence-corrected chi connectivity index (χ1v) is 7.12. The second-order valence-corrected chi connectivity index (χ2v) is 5.13. The van der Waals surface area contributed by atoms with E-state index in [2.05, 4.69) is 10.1 Å².